The maximum atomic E-state index is 13.7. The van der Waals surface area contributed by atoms with Gasteiger partial charge in [-0.1, -0.05) is 24.3 Å². The molecule has 0 aromatic heterocycles. The molecular formula is C28H22BrN3O4. The summed E-state index contributed by atoms with van der Waals surface area (Å²) >= 11 is 3.54. The van der Waals surface area contributed by atoms with Crippen LogP contribution >= 0.6 is 15.9 Å². The van der Waals surface area contributed by atoms with E-state index in [9.17, 15) is 19.7 Å². The molecule has 180 valence electrons. The largest absolute Gasteiger partial charge is 0.348 e. The average Bonchev–Trinajstić information content (AvgIpc) is 2.83. The van der Waals surface area contributed by atoms with Crippen LogP contribution in [0.3, 0.4) is 0 Å². The lowest BCUT2D eigenvalue weighted by Crippen LogP contribution is -2.41. The van der Waals surface area contributed by atoms with E-state index in [1.165, 1.54) is 6.07 Å². The second-order valence-electron chi connectivity index (χ2n) is 9.01. The molecule has 0 radical (unpaired) electrons. The zero-order valence-electron chi connectivity index (χ0n) is 20.1. The average molecular weight is 544 g/mol. The lowest BCUT2D eigenvalue weighted by molar-refractivity contribution is -0.383. The summed E-state index contributed by atoms with van der Waals surface area (Å²) in [7, 11) is 0. The Hall–Kier alpha value is -4.04. The summed E-state index contributed by atoms with van der Waals surface area (Å²) in [6.07, 6.45) is 0. The number of benzene rings is 4. The zero-order chi connectivity index (χ0) is 25.9. The third-order valence-corrected chi connectivity index (χ3v) is 7.52. The maximum absolute atomic E-state index is 13.7. The Morgan fingerprint density at radius 1 is 0.861 bits per heavy atom. The van der Waals surface area contributed by atoms with Crippen LogP contribution in [0.15, 0.2) is 59.1 Å². The van der Waals surface area contributed by atoms with Crippen molar-refractivity contribution < 1.29 is 14.5 Å². The van der Waals surface area contributed by atoms with E-state index in [1.807, 2.05) is 45.9 Å². The minimum Gasteiger partial charge on any atom is -0.348 e. The summed E-state index contributed by atoms with van der Waals surface area (Å²) in [5.74, 6) is -1.04. The number of nitrogens with one attached hydrogen (secondary N) is 1. The molecule has 0 saturated carbocycles. The van der Waals surface area contributed by atoms with Crippen LogP contribution in [0, 0.1) is 37.8 Å². The predicted molar refractivity (Wildman–Crippen MR) is 145 cm³/mol. The van der Waals surface area contributed by atoms with E-state index < -0.39 is 16.7 Å². The number of aryl methyl sites for hydroxylation is 3. The second-order valence-corrected chi connectivity index (χ2v) is 9.86. The number of imide groups is 1. The Bertz CT molecular complexity index is 1640. The number of anilines is 3. The Labute approximate surface area is 216 Å². The molecule has 0 fully saturated rings. The van der Waals surface area contributed by atoms with Crippen molar-refractivity contribution in [2.45, 2.75) is 27.7 Å². The van der Waals surface area contributed by atoms with Gasteiger partial charge in [-0.15, -0.1) is 0 Å². The molecule has 0 bridgehead atoms. The van der Waals surface area contributed by atoms with Gasteiger partial charge < -0.3 is 5.32 Å². The van der Waals surface area contributed by atoms with Crippen LogP contribution in [0.2, 0.25) is 0 Å². The van der Waals surface area contributed by atoms with Crippen LogP contribution in [0.1, 0.15) is 43.0 Å². The summed E-state index contributed by atoms with van der Waals surface area (Å²) in [6, 6.07) is 15.5. The number of hydrogen-bond donors (Lipinski definition) is 1. The third kappa shape index (κ3) is 3.56. The highest BCUT2D eigenvalue weighted by atomic mass is 79.9. The van der Waals surface area contributed by atoms with E-state index in [0.717, 1.165) is 31.6 Å². The lowest BCUT2D eigenvalue weighted by atomic mass is 9.91. The number of carbonyl (C=O) groups excluding carboxylic acids is 2. The minimum absolute atomic E-state index is 0.123. The Morgan fingerprint density at radius 2 is 1.53 bits per heavy atom. The minimum atomic E-state index is -0.584. The van der Waals surface area contributed by atoms with Crippen molar-refractivity contribution in [1.82, 2.24) is 0 Å². The summed E-state index contributed by atoms with van der Waals surface area (Å²) in [6.45, 7) is 7.68. The standard InChI is InChI=1S/C28H22BrN3O4/c1-14-7-5-10-23(17(14)4)31-27(33)19-9-6-8-18-25(19)20(28(31)34)13-24(32(35)36)26(18)30-22-12-16(3)15(2)11-21(22)29/h5-13,30H,1-4H3. The first kappa shape index (κ1) is 23.7. The zero-order valence-corrected chi connectivity index (χ0v) is 21.7. The van der Waals surface area contributed by atoms with Crippen LogP contribution in [0.25, 0.3) is 10.8 Å². The third-order valence-electron chi connectivity index (χ3n) is 6.86. The summed E-state index contributed by atoms with van der Waals surface area (Å²) in [5, 5.41) is 16.3. The van der Waals surface area contributed by atoms with Gasteiger partial charge in [0.2, 0.25) is 0 Å². The van der Waals surface area contributed by atoms with Crippen LogP contribution in [0.4, 0.5) is 22.7 Å². The van der Waals surface area contributed by atoms with Crippen molar-refractivity contribution in [3.8, 4) is 0 Å². The molecular weight excluding hydrogens is 522 g/mol. The first-order valence-corrected chi connectivity index (χ1v) is 12.1. The van der Waals surface area contributed by atoms with Gasteiger partial charge in [0.1, 0.15) is 5.69 Å². The lowest BCUT2D eigenvalue weighted by Gasteiger charge is -2.29. The summed E-state index contributed by atoms with van der Waals surface area (Å²) < 4.78 is 0.744. The topological polar surface area (TPSA) is 92.6 Å². The highest BCUT2D eigenvalue weighted by molar-refractivity contribution is 9.10. The van der Waals surface area contributed by atoms with Crippen molar-refractivity contribution in [3.63, 3.8) is 0 Å². The van der Waals surface area contributed by atoms with Crippen molar-refractivity contribution in [2.75, 3.05) is 10.2 Å². The first-order chi connectivity index (χ1) is 17.1. The maximum Gasteiger partial charge on any atom is 0.294 e. The Kier molecular flexibility index (Phi) is 5.64. The molecule has 0 aliphatic carbocycles. The molecule has 7 nitrogen and oxygen atoms in total. The molecule has 0 saturated heterocycles. The quantitative estimate of drug-likeness (QED) is 0.166. The number of hydrogen-bond acceptors (Lipinski definition) is 5. The molecule has 1 heterocycles. The van der Waals surface area contributed by atoms with Gasteiger partial charge >= 0.3 is 0 Å². The number of nitro benzene ring substituents is 1. The number of halogens is 1. The van der Waals surface area contributed by atoms with Gasteiger partial charge in [-0.25, -0.2) is 4.90 Å². The fourth-order valence-corrected chi connectivity index (χ4v) is 5.19. The van der Waals surface area contributed by atoms with Crippen LogP contribution in [0.5, 0.6) is 0 Å². The van der Waals surface area contributed by atoms with Gasteiger partial charge in [-0.3, -0.25) is 19.7 Å². The number of rotatable bonds is 4. The van der Waals surface area contributed by atoms with Gasteiger partial charge in [0, 0.05) is 26.9 Å². The van der Waals surface area contributed by atoms with Gasteiger partial charge in [0.05, 0.1) is 21.9 Å². The molecule has 36 heavy (non-hydrogen) atoms. The van der Waals surface area contributed by atoms with Crippen molar-refractivity contribution >= 4 is 61.3 Å². The van der Waals surface area contributed by atoms with E-state index in [1.54, 1.807) is 30.3 Å². The predicted octanol–water partition coefficient (Wildman–Crippen LogP) is 7.29. The van der Waals surface area contributed by atoms with Crippen LogP contribution in [-0.4, -0.2) is 16.7 Å². The van der Waals surface area contributed by atoms with E-state index in [2.05, 4.69) is 21.2 Å². The molecule has 0 atom stereocenters. The smallest absolute Gasteiger partial charge is 0.294 e. The molecule has 1 aliphatic heterocycles. The fourth-order valence-electron chi connectivity index (χ4n) is 4.63. The highest BCUT2D eigenvalue weighted by Gasteiger charge is 2.37. The number of carbonyl (C=O) groups is 2. The van der Waals surface area contributed by atoms with Gasteiger partial charge in [-0.2, -0.15) is 0 Å². The number of nitro groups is 1. The van der Waals surface area contributed by atoms with E-state index in [0.29, 0.717) is 27.7 Å². The van der Waals surface area contributed by atoms with Crippen LogP contribution in [-0.2, 0) is 0 Å². The van der Waals surface area contributed by atoms with E-state index >= 15 is 0 Å². The molecule has 1 N–H and O–H groups in total. The summed E-state index contributed by atoms with van der Waals surface area (Å²) in [5.41, 5.74) is 5.35. The van der Waals surface area contributed by atoms with E-state index in [-0.39, 0.29) is 16.9 Å². The van der Waals surface area contributed by atoms with Gasteiger partial charge in [0.25, 0.3) is 17.5 Å². The molecule has 8 heteroatoms. The molecule has 0 spiro atoms. The van der Waals surface area contributed by atoms with Crippen LogP contribution < -0.4 is 10.2 Å². The normalized spacial score (nSPS) is 12.9. The first-order valence-electron chi connectivity index (χ1n) is 11.3. The molecule has 1 aliphatic rings. The Morgan fingerprint density at radius 3 is 2.25 bits per heavy atom. The monoisotopic (exact) mass is 543 g/mol. The van der Waals surface area contributed by atoms with E-state index in [4.69, 9.17) is 0 Å². The molecule has 4 aromatic rings. The van der Waals surface area contributed by atoms with Gasteiger partial charge in [0.15, 0.2) is 0 Å². The van der Waals surface area contributed by atoms with Gasteiger partial charge in [-0.05, 0) is 90.1 Å². The number of nitrogens with zero attached hydrogens (tertiary/aromatic N) is 2. The SMILES string of the molecule is Cc1cc(Br)c(Nc2c([N+](=O)[O-])cc3c4c(cccc24)C(=O)N(c2cccc(C)c2C)C3=O)cc1C. The molecule has 4 aromatic carbocycles. The van der Waals surface area contributed by atoms with Crippen molar-refractivity contribution in [2.24, 2.45) is 0 Å². The highest BCUT2D eigenvalue weighted by Crippen LogP contribution is 2.43. The molecule has 2 amide bonds. The Balaban J connectivity index is 1.77. The molecule has 5 rings (SSSR count). The summed E-state index contributed by atoms with van der Waals surface area (Å²) in [4.78, 5) is 40.2. The molecule has 0 unspecified atom stereocenters. The second kappa shape index (κ2) is 8.57. The van der Waals surface area contributed by atoms with Crippen molar-refractivity contribution in [1.29, 1.82) is 0 Å². The fraction of sp³-hybridized carbons (Fsp3) is 0.143. The number of amides is 2. The van der Waals surface area contributed by atoms with Crippen molar-refractivity contribution in [3.05, 3.63) is 103 Å².